The molecule has 1 amide bonds. The molecule has 144 valence electrons. The van der Waals surface area contributed by atoms with Gasteiger partial charge in [0.25, 0.3) is 5.91 Å². The van der Waals surface area contributed by atoms with Crippen molar-refractivity contribution in [3.63, 3.8) is 0 Å². The fraction of sp³-hybridized carbons (Fsp3) is 0.150. The Bertz CT molecular complexity index is 962. The standard InChI is InChI=1S/C20H17ClN2O5/c1-3-28-20(26)13-4-6-15(7-5-13)23-19(25)14(11-22)8-12-9-16(21)18(24)17(10-12)27-2/h4-10,24H,3H2,1-2H3,(H,23,25)/b14-8+. The number of amides is 1. The van der Waals surface area contributed by atoms with Crippen LogP contribution < -0.4 is 10.1 Å². The van der Waals surface area contributed by atoms with E-state index in [0.717, 1.165) is 0 Å². The molecule has 0 saturated heterocycles. The van der Waals surface area contributed by atoms with Crippen molar-refractivity contribution in [1.29, 1.82) is 5.26 Å². The van der Waals surface area contributed by atoms with Crippen LogP contribution in [0.15, 0.2) is 42.0 Å². The zero-order valence-electron chi connectivity index (χ0n) is 15.2. The molecule has 0 unspecified atom stereocenters. The first kappa shape index (κ1) is 20.8. The Kier molecular flexibility index (Phi) is 7.02. The Balaban J connectivity index is 2.20. The molecular weight excluding hydrogens is 384 g/mol. The van der Waals surface area contributed by atoms with Gasteiger partial charge in [-0.1, -0.05) is 11.6 Å². The maximum Gasteiger partial charge on any atom is 0.338 e. The Morgan fingerprint density at radius 3 is 2.54 bits per heavy atom. The summed E-state index contributed by atoms with van der Waals surface area (Å²) in [4.78, 5) is 24.0. The van der Waals surface area contributed by atoms with Gasteiger partial charge in [-0.05, 0) is 55.0 Å². The summed E-state index contributed by atoms with van der Waals surface area (Å²) in [6, 6.07) is 10.7. The molecule has 0 fully saturated rings. The lowest BCUT2D eigenvalue weighted by atomic mass is 10.1. The molecule has 2 aromatic carbocycles. The number of hydrogen-bond acceptors (Lipinski definition) is 6. The molecule has 0 aliphatic heterocycles. The van der Waals surface area contributed by atoms with Crippen molar-refractivity contribution in [1.82, 2.24) is 0 Å². The number of hydrogen-bond donors (Lipinski definition) is 2. The maximum absolute atomic E-state index is 12.4. The molecule has 0 heterocycles. The SMILES string of the molecule is CCOC(=O)c1ccc(NC(=O)/C(C#N)=C/c2cc(Cl)c(O)c(OC)c2)cc1. The van der Waals surface area contributed by atoms with Crippen molar-refractivity contribution < 1.29 is 24.2 Å². The van der Waals surface area contributed by atoms with Crippen LogP contribution in [0.25, 0.3) is 6.08 Å². The minimum Gasteiger partial charge on any atom is -0.503 e. The summed E-state index contributed by atoms with van der Waals surface area (Å²) in [6.45, 7) is 1.97. The van der Waals surface area contributed by atoms with Gasteiger partial charge in [-0.15, -0.1) is 0 Å². The second kappa shape index (κ2) is 9.44. The van der Waals surface area contributed by atoms with E-state index in [1.807, 2.05) is 6.07 Å². The number of esters is 1. The van der Waals surface area contributed by atoms with Crippen LogP contribution in [0, 0.1) is 11.3 Å². The fourth-order valence-corrected chi connectivity index (χ4v) is 2.47. The number of halogens is 1. The number of carbonyl (C=O) groups excluding carboxylic acids is 2. The third-order valence-corrected chi connectivity index (χ3v) is 3.89. The zero-order chi connectivity index (χ0) is 20.7. The van der Waals surface area contributed by atoms with Gasteiger partial charge in [0, 0.05) is 5.69 Å². The lowest BCUT2D eigenvalue weighted by Crippen LogP contribution is -2.13. The predicted octanol–water partition coefficient (Wildman–Crippen LogP) is 3.78. The number of nitrogens with one attached hydrogen (secondary N) is 1. The van der Waals surface area contributed by atoms with Gasteiger partial charge in [-0.25, -0.2) is 4.79 Å². The number of benzene rings is 2. The lowest BCUT2D eigenvalue weighted by Gasteiger charge is -2.08. The van der Waals surface area contributed by atoms with E-state index >= 15 is 0 Å². The van der Waals surface area contributed by atoms with Crippen molar-refractivity contribution >= 4 is 35.2 Å². The molecule has 2 N–H and O–H groups in total. The number of rotatable bonds is 6. The first-order chi connectivity index (χ1) is 13.4. The van der Waals surface area contributed by atoms with E-state index in [2.05, 4.69) is 5.32 Å². The first-order valence-electron chi connectivity index (χ1n) is 8.16. The van der Waals surface area contributed by atoms with Gasteiger partial charge in [0.15, 0.2) is 11.5 Å². The van der Waals surface area contributed by atoms with E-state index in [9.17, 15) is 20.0 Å². The Morgan fingerprint density at radius 1 is 1.29 bits per heavy atom. The second-order valence-corrected chi connectivity index (χ2v) is 5.88. The van der Waals surface area contributed by atoms with Crippen molar-refractivity contribution in [2.75, 3.05) is 19.0 Å². The minimum atomic E-state index is -0.644. The molecule has 0 aliphatic carbocycles. The smallest absolute Gasteiger partial charge is 0.338 e. The van der Waals surface area contributed by atoms with E-state index in [4.69, 9.17) is 21.1 Å². The number of phenolic OH excluding ortho intramolecular Hbond substituents is 1. The highest BCUT2D eigenvalue weighted by atomic mass is 35.5. The van der Waals surface area contributed by atoms with Crippen LogP contribution in [0.5, 0.6) is 11.5 Å². The number of methoxy groups -OCH3 is 1. The van der Waals surface area contributed by atoms with Crippen molar-refractivity contribution in [2.24, 2.45) is 0 Å². The molecule has 28 heavy (non-hydrogen) atoms. The van der Waals surface area contributed by atoms with Crippen molar-refractivity contribution in [2.45, 2.75) is 6.92 Å². The number of anilines is 1. The summed E-state index contributed by atoms with van der Waals surface area (Å²) in [5.74, 6) is -1.22. The van der Waals surface area contributed by atoms with E-state index in [1.54, 1.807) is 6.92 Å². The van der Waals surface area contributed by atoms with Gasteiger partial charge in [0.1, 0.15) is 11.6 Å². The lowest BCUT2D eigenvalue weighted by molar-refractivity contribution is -0.112. The monoisotopic (exact) mass is 400 g/mol. The summed E-state index contributed by atoms with van der Waals surface area (Å²) in [7, 11) is 1.36. The van der Waals surface area contributed by atoms with Gasteiger partial charge in [-0.2, -0.15) is 5.26 Å². The van der Waals surface area contributed by atoms with Gasteiger partial charge >= 0.3 is 5.97 Å². The minimum absolute atomic E-state index is 0.0258. The molecule has 2 aromatic rings. The average Bonchev–Trinajstić information content (AvgIpc) is 2.69. The summed E-state index contributed by atoms with van der Waals surface area (Å²) in [5.41, 5.74) is 0.976. The van der Waals surface area contributed by atoms with Gasteiger partial charge in [0.05, 0.1) is 24.3 Å². The number of ether oxygens (including phenoxy) is 2. The highest BCUT2D eigenvalue weighted by Crippen LogP contribution is 2.35. The molecule has 0 bridgehead atoms. The third kappa shape index (κ3) is 5.02. The van der Waals surface area contributed by atoms with Crippen LogP contribution in [0.4, 0.5) is 5.69 Å². The topological polar surface area (TPSA) is 109 Å². The Hall–Kier alpha value is -3.50. The van der Waals surface area contributed by atoms with Gasteiger partial charge in [0.2, 0.25) is 0 Å². The molecule has 0 spiro atoms. The molecule has 7 nitrogen and oxygen atoms in total. The van der Waals surface area contributed by atoms with Crippen LogP contribution in [0.1, 0.15) is 22.8 Å². The highest BCUT2D eigenvalue weighted by molar-refractivity contribution is 6.32. The molecule has 8 heteroatoms. The van der Waals surface area contributed by atoms with Crippen LogP contribution in [0.2, 0.25) is 5.02 Å². The van der Waals surface area contributed by atoms with Gasteiger partial charge in [-0.3, -0.25) is 4.79 Å². The molecule has 0 radical (unpaired) electrons. The third-order valence-electron chi connectivity index (χ3n) is 3.60. The Labute approximate surface area is 166 Å². The summed E-state index contributed by atoms with van der Waals surface area (Å²) in [6.07, 6.45) is 1.32. The van der Waals surface area contributed by atoms with Gasteiger partial charge < -0.3 is 19.9 Å². The second-order valence-electron chi connectivity index (χ2n) is 5.48. The first-order valence-corrected chi connectivity index (χ1v) is 8.54. The Morgan fingerprint density at radius 2 is 1.96 bits per heavy atom. The van der Waals surface area contributed by atoms with E-state index in [0.29, 0.717) is 16.8 Å². The number of carbonyl (C=O) groups is 2. The molecule has 0 aliphatic rings. The number of nitriles is 1. The van der Waals surface area contributed by atoms with Crippen LogP contribution >= 0.6 is 11.6 Å². The van der Waals surface area contributed by atoms with Crippen molar-refractivity contribution in [3.8, 4) is 17.6 Å². The molecule has 2 rings (SSSR count). The van der Waals surface area contributed by atoms with E-state index < -0.39 is 11.9 Å². The van der Waals surface area contributed by atoms with E-state index in [1.165, 1.54) is 49.6 Å². The summed E-state index contributed by atoms with van der Waals surface area (Å²) >= 11 is 5.92. The normalized spacial score (nSPS) is 10.7. The molecule has 0 saturated carbocycles. The van der Waals surface area contributed by atoms with Crippen LogP contribution in [-0.2, 0) is 9.53 Å². The number of aromatic hydroxyl groups is 1. The fourth-order valence-electron chi connectivity index (χ4n) is 2.25. The number of phenols is 1. The summed E-state index contributed by atoms with van der Waals surface area (Å²) < 4.78 is 9.89. The molecule has 0 aromatic heterocycles. The maximum atomic E-state index is 12.4. The molecule has 0 atom stereocenters. The zero-order valence-corrected chi connectivity index (χ0v) is 15.9. The largest absolute Gasteiger partial charge is 0.503 e. The average molecular weight is 401 g/mol. The summed E-state index contributed by atoms with van der Waals surface area (Å²) in [5, 5.41) is 21.7. The van der Waals surface area contributed by atoms with Crippen LogP contribution in [0.3, 0.4) is 0 Å². The number of nitrogens with zero attached hydrogens (tertiary/aromatic N) is 1. The predicted molar refractivity (Wildman–Crippen MR) is 104 cm³/mol. The highest BCUT2D eigenvalue weighted by Gasteiger charge is 2.13. The quantitative estimate of drug-likeness (QED) is 0.434. The van der Waals surface area contributed by atoms with E-state index in [-0.39, 0.29) is 28.7 Å². The van der Waals surface area contributed by atoms with Crippen LogP contribution in [-0.4, -0.2) is 30.7 Å². The molecular formula is C20H17ClN2O5. The van der Waals surface area contributed by atoms with Crippen molar-refractivity contribution in [3.05, 3.63) is 58.1 Å².